The summed E-state index contributed by atoms with van der Waals surface area (Å²) in [5.74, 6) is 1.23. The van der Waals surface area contributed by atoms with E-state index in [9.17, 15) is 4.79 Å². The van der Waals surface area contributed by atoms with Crippen LogP contribution in [0.25, 0.3) is 11.0 Å². The predicted molar refractivity (Wildman–Crippen MR) is 107 cm³/mol. The summed E-state index contributed by atoms with van der Waals surface area (Å²) in [6, 6.07) is 6.10. The van der Waals surface area contributed by atoms with Gasteiger partial charge in [-0.25, -0.2) is 4.98 Å². The summed E-state index contributed by atoms with van der Waals surface area (Å²) < 4.78 is 2.31. The fourth-order valence-corrected chi connectivity index (χ4v) is 3.79. The van der Waals surface area contributed by atoms with E-state index >= 15 is 0 Å². The fraction of sp³-hybridized carbons (Fsp3) is 0.619. The predicted octanol–water partition coefficient (Wildman–Crippen LogP) is 4.56. The van der Waals surface area contributed by atoms with Crippen LogP contribution in [0, 0.1) is 0 Å². The van der Waals surface area contributed by atoms with Crippen LogP contribution in [0.5, 0.6) is 0 Å². The quantitative estimate of drug-likeness (QED) is 0.791. The highest BCUT2D eigenvalue weighted by Gasteiger charge is 2.15. The number of carbonyl (C=O) groups is 1. The van der Waals surface area contributed by atoms with Gasteiger partial charge in [-0.1, -0.05) is 26.2 Å². The lowest BCUT2D eigenvalue weighted by molar-refractivity contribution is -0.116. The van der Waals surface area contributed by atoms with Gasteiger partial charge in [-0.3, -0.25) is 9.69 Å². The minimum atomic E-state index is 0.0888. The summed E-state index contributed by atoms with van der Waals surface area (Å²) >= 11 is 0. The Bertz CT molecular complexity index is 729. The second-order valence-corrected chi connectivity index (χ2v) is 7.32. The van der Waals surface area contributed by atoms with Crippen LogP contribution in [0.15, 0.2) is 18.2 Å². The highest BCUT2D eigenvalue weighted by atomic mass is 16.1. The molecule has 0 radical (unpaired) electrons. The molecule has 5 nitrogen and oxygen atoms in total. The first-order valence-corrected chi connectivity index (χ1v) is 10.2. The lowest BCUT2D eigenvalue weighted by Gasteiger charge is -2.19. The van der Waals surface area contributed by atoms with Gasteiger partial charge in [-0.05, 0) is 57.5 Å². The zero-order chi connectivity index (χ0) is 18.4. The van der Waals surface area contributed by atoms with Crippen LogP contribution >= 0.6 is 0 Å². The minimum Gasteiger partial charge on any atom is -0.327 e. The van der Waals surface area contributed by atoms with Gasteiger partial charge in [0.1, 0.15) is 5.82 Å². The van der Waals surface area contributed by atoms with Crippen LogP contribution in [0.1, 0.15) is 64.6 Å². The molecule has 0 unspecified atom stereocenters. The van der Waals surface area contributed by atoms with Crippen molar-refractivity contribution in [1.29, 1.82) is 0 Å². The fourth-order valence-electron chi connectivity index (χ4n) is 3.79. The molecule has 2 aromatic rings. The molecule has 1 saturated heterocycles. The largest absolute Gasteiger partial charge is 0.327 e. The summed E-state index contributed by atoms with van der Waals surface area (Å²) in [6.45, 7) is 8.45. The topological polar surface area (TPSA) is 50.2 Å². The van der Waals surface area contributed by atoms with Gasteiger partial charge in [0.25, 0.3) is 0 Å². The Morgan fingerprint density at radius 3 is 2.62 bits per heavy atom. The number of amides is 1. The smallest absolute Gasteiger partial charge is 0.224 e. The highest BCUT2D eigenvalue weighted by Crippen LogP contribution is 2.22. The molecule has 3 rings (SSSR count). The SMILES string of the molecule is CCCCC(=O)Nc1ccc2c(c1)nc(CN1CCCCCC1)n2CC. The number of nitrogens with one attached hydrogen (secondary N) is 1. The Hall–Kier alpha value is -1.88. The van der Waals surface area contributed by atoms with Gasteiger partial charge >= 0.3 is 0 Å². The van der Waals surface area contributed by atoms with Gasteiger partial charge in [-0.2, -0.15) is 0 Å². The Balaban J connectivity index is 1.77. The number of imidazole rings is 1. The van der Waals surface area contributed by atoms with E-state index in [0.717, 1.165) is 48.5 Å². The maximum absolute atomic E-state index is 12.0. The molecule has 0 spiro atoms. The Labute approximate surface area is 156 Å². The molecule has 1 aromatic heterocycles. The van der Waals surface area contributed by atoms with Crippen molar-refractivity contribution in [3.8, 4) is 0 Å². The standard InChI is InChI=1S/C21H32N4O/c1-3-5-10-21(26)22-17-11-12-19-18(15-17)23-20(25(19)4-2)16-24-13-8-6-7-9-14-24/h11-12,15H,3-10,13-14,16H2,1-2H3,(H,22,26). The second kappa shape index (κ2) is 9.17. The molecule has 1 aromatic carbocycles. The number of carbonyl (C=O) groups excluding carboxylic acids is 1. The molecule has 1 fully saturated rings. The Morgan fingerprint density at radius 1 is 1.15 bits per heavy atom. The molecule has 26 heavy (non-hydrogen) atoms. The van der Waals surface area contributed by atoms with E-state index in [4.69, 9.17) is 4.98 Å². The van der Waals surface area contributed by atoms with Gasteiger partial charge in [0.05, 0.1) is 17.6 Å². The van der Waals surface area contributed by atoms with E-state index in [-0.39, 0.29) is 5.91 Å². The van der Waals surface area contributed by atoms with Crippen molar-refractivity contribution < 1.29 is 4.79 Å². The molecular weight excluding hydrogens is 324 g/mol. The number of hydrogen-bond acceptors (Lipinski definition) is 3. The number of unbranched alkanes of at least 4 members (excludes halogenated alkanes) is 1. The zero-order valence-electron chi connectivity index (χ0n) is 16.3. The maximum atomic E-state index is 12.0. The van der Waals surface area contributed by atoms with Crippen LogP contribution < -0.4 is 5.32 Å². The van der Waals surface area contributed by atoms with Gasteiger partial charge in [-0.15, -0.1) is 0 Å². The number of aromatic nitrogens is 2. The van der Waals surface area contributed by atoms with Crippen LogP contribution in [0.3, 0.4) is 0 Å². The van der Waals surface area contributed by atoms with Crippen molar-refractivity contribution in [3.05, 3.63) is 24.0 Å². The first kappa shape index (κ1) is 18.9. The lowest BCUT2D eigenvalue weighted by atomic mass is 10.2. The molecule has 2 heterocycles. The number of anilines is 1. The molecule has 0 atom stereocenters. The van der Waals surface area contributed by atoms with Gasteiger partial charge in [0, 0.05) is 18.7 Å². The first-order valence-electron chi connectivity index (χ1n) is 10.2. The molecule has 1 aliphatic heterocycles. The Morgan fingerprint density at radius 2 is 1.92 bits per heavy atom. The normalized spacial score (nSPS) is 15.9. The monoisotopic (exact) mass is 356 g/mol. The van der Waals surface area contributed by atoms with Crippen molar-refractivity contribution >= 4 is 22.6 Å². The van der Waals surface area contributed by atoms with Crippen LogP contribution in [-0.2, 0) is 17.9 Å². The first-order chi connectivity index (χ1) is 12.7. The summed E-state index contributed by atoms with van der Waals surface area (Å²) in [5.41, 5.74) is 2.98. The lowest BCUT2D eigenvalue weighted by Crippen LogP contribution is -2.25. The zero-order valence-corrected chi connectivity index (χ0v) is 16.3. The second-order valence-electron chi connectivity index (χ2n) is 7.32. The number of hydrogen-bond donors (Lipinski definition) is 1. The van der Waals surface area contributed by atoms with Gasteiger partial charge in [0.15, 0.2) is 0 Å². The number of nitrogens with zero attached hydrogens (tertiary/aromatic N) is 3. The Kier molecular flexibility index (Phi) is 6.67. The average molecular weight is 357 g/mol. The van der Waals surface area contributed by atoms with Crippen molar-refractivity contribution in [2.75, 3.05) is 18.4 Å². The molecule has 0 saturated carbocycles. The molecule has 5 heteroatoms. The summed E-state index contributed by atoms with van der Waals surface area (Å²) in [6.07, 6.45) is 7.83. The van der Waals surface area contributed by atoms with E-state index in [2.05, 4.69) is 34.7 Å². The summed E-state index contributed by atoms with van der Waals surface area (Å²) in [4.78, 5) is 19.4. The summed E-state index contributed by atoms with van der Waals surface area (Å²) in [5, 5.41) is 3.01. The minimum absolute atomic E-state index is 0.0888. The third kappa shape index (κ3) is 4.64. The molecule has 1 N–H and O–H groups in total. The van der Waals surface area contributed by atoms with Crippen LogP contribution in [-0.4, -0.2) is 33.4 Å². The van der Waals surface area contributed by atoms with Crippen LogP contribution in [0.2, 0.25) is 0 Å². The van der Waals surface area contributed by atoms with E-state index in [1.54, 1.807) is 0 Å². The van der Waals surface area contributed by atoms with E-state index in [0.29, 0.717) is 6.42 Å². The van der Waals surface area contributed by atoms with E-state index in [1.165, 1.54) is 38.8 Å². The molecule has 0 bridgehead atoms. The van der Waals surface area contributed by atoms with Crippen molar-refractivity contribution in [2.45, 2.75) is 71.9 Å². The number of aryl methyl sites for hydroxylation is 1. The van der Waals surface area contributed by atoms with Crippen molar-refractivity contribution in [1.82, 2.24) is 14.5 Å². The molecule has 142 valence electrons. The third-order valence-electron chi connectivity index (χ3n) is 5.25. The van der Waals surface area contributed by atoms with Gasteiger partial charge in [0.2, 0.25) is 5.91 Å². The van der Waals surface area contributed by atoms with Crippen molar-refractivity contribution in [2.24, 2.45) is 0 Å². The molecule has 1 aliphatic rings. The molecule has 1 amide bonds. The molecular formula is C21H32N4O. The summed E-state index contributed by atoms with van der Waals surface area (Å²) in [7, 11) is 0. The number of likely N-dealkylation sites (tertiary alicyclic amines) is 1. The number of benzene rings is 1. The third-order valence-corrected chi connectivity index (χ3v) is 5.25. The van der Waals surface area contributed by atoms with E-state index in [1.807, 2.05) is 12.1 Å². The van der Waals surface area contributed by atoms with Gasteiger partial charge < -0.3 is 9.88 Å². The molecule has 0 aliphatic carbocycles. The van der Waals surface area contributed by atoms with Crippen molar-refractivity contribution in [3.63, 3.8) is 0 Å². The number of fused-ring (bicyclic) bond motifs is 1. The number of rotatable bonds is 7. The highest BCUT2D eigenvalue weighted by molar-refractivity contribution is 5.93. The van der Waals surface area contributed by atoms with E-state index < -0.39 is 0 Å². The van der Waals surface area contributed by atoms with Crippen LogP contribution in [0.4, 0.5) is 5.69 Å². The average Bonchev–Trinajstić information content (AvgIpc) is 2.79. The maximum Gasteiger partial charge on any atom is 0.224 e.